The van der Waals surface area contributed by atoms with Gasteiger partial charge in [0.2, 0.25) is 11.9 Å². The topological polar surface area (TPSA) is 92.7 Å². The Kier molecular flexibility index (Phi) is 4.62. The molecule has 7 nitrogen and oxygen atoms in total. The third kappa shape index (κ3) is 3.04. The van der Waals surface area contributed by atoms with E-state index in [-0.39, 0.29) is 33.9 Å². The number of amides is 1. The molecule has 3 atom stereocenters. The minimum absolute atomic E-state index is 0.0606. The van der Waals surface area contributed by atoms with Gasteiger partial charge in [-0.25, -0.2) is 9.37 Å². The van der Waals surface area contributed by atoms with Gasteiger partial charge in [0, 0.05) is 17.6 Å². The molecule has 2 aromatic heterocycles. The Hall–Kier alpha value is -1.90. The lowest BCUT2D eigenvalue weighted by Gasteiger charge is -2.12. The van der Waals surface area contributed by atoms with E-state index in [0.29, 0.717) is 12.1 Å². The first-order chi connectivity index (χ1) is 11.4. The Morgan fingerprint density at radius 1 is 1.58 bits per heavy atom. The molecule has 0 bridgehead atoms. The number of carbonyl (C=O) groups is 1. The molecule has 1 saturated heterocycles. The zero-order valence-corrected chi connectivity index (χ0v) is 14.6. The van der Waals surface area contributed by atoms with Crippen molar-refractivity contribution in [3.63, 3.8) is 0 Å². The first-order valence-electron chi connectivity index (χ1n) is 7.98. The van der Waals surface area contributed by atoms with Crippen LogP contribution in [0.5, 0.6) is 0 Å². The zero-order chi connectivity index (χ0) is 17.4. The summed E-state index contributed by atoms with van der Waals surface area (Å²) in [6, 6.07) is 0. The predicted molar refractivity (Wildman–Crippen MR) is 91.8 cm³/mol. The number of fused-ring (bicyclic) bond motifs is 1. The van der Waals surface area contributed by atoms with E-state index in [1.54, 1.807) is 18.4 Å². The smallest absolute Gasteiger partial charge is 0.280 e. The van der Waals surface area contributed by atoms with Crippen LogP contribution in [-0.4, -0.2) is 36.8 Å². The highest BCUT2D eigenvalue weighted by Crippen LogP contribution is 2.45. The number of thioether (sulfide) groups is 1. The number of hydrogen-bond acceptors (Lipinski definition) is 5. The van der Waals surface area contributed by atoms with Crippen molar-refractivity contribution < 1.29 is 9.18 Å². The van der Waals surface area contributed by atoms with Crippen LogP contribution in [0.3, 0.4) is 0 Å². The summed E-state index contributed by atoms with van der Waals surface area (Å²) in [5, 5.41) is 2.37. The molecule has 2 N–H and O–H groups in total. The number of anilines is 1. The van der Waals surface area contributed by atoms with E-state index in [2.05, 4.69) is 20.3 Å². The van der Waals surface area contributed by atoms with E-state index in [9.17, 15) is 14.0 Å². The van der Waals surface area contributed by atoms with Crippen molar-refractivity contribution in [3.05, 3.63) is 16.7 Å². The van der Waals surface area contributed by atoms with Crippen molar-refractivity contribution >= 4 is 34.8 Å². The highest BCUT2D eigenvalue weighted by molar-refractivity contribution is 8.00. The molecule has 1 amide bonds. The number of imidazole rings is 1. The minimum atomic E-state index is -0.885. The molecule has 0 radical (unpaired) electrons. The maximum atomic E-state index is 14.0. The van der Waals surface area contributed by atoms with E-state index in [4.69, 9.17) is 0 Å². The Morgan fingerprint density at radius 3 is 2.96 bits per heavy atom. The lowest BCUT2D eigenvalue weighted by Crippen LogP contribution is -2.22. The highest BCUT2D eigenvalue weighted by atomic mass is 32.2. The molecule has 3 heterocycles. The minimum Gasteiger partial charge on any atom is -0.302 e. The van der Waals surface area contributed by atoms with Gasteiger partial charge in [-0.15, -0.1) is 11.8 Å². The molecule has 130 valence electrons. The van der Waals surface area contributed by atoms with Gasteiger partial charge in [-0.2, -0.15) is 4.98 Å². The second-order valence-electron chi connectivity index (χ2n) is 6.17. The summed E-state index contributed by atoms with van der Waals surface area (Å²) in [7, 11) is 0. The van der Waals surface area contributed by atoms with Crippen LogP contribution in [0.4, 0.5) is 10.3 Å². The second-order valence-corrected chi connectivity index (χ2v) is 7.59. The number of rotatable bonds is 4. The number of nitrogens with one attached hydrogen (secondary N) is 2. The third-order valence-electron chi connectivity index (χ3n) is 4.07. The Balaban J connectivity index is 1.97. The fourth-order valence-electron chi connectivity index (χ4n) is 2.68. The molecular formula is C15H20FN5O2S. The number of nitrogens with zero attached hydrogens (tertiary/aromatic N) is 3. The maximum Gasteiger partial charge on any atom is 0.280 e. The van der Waals surface area contributed by atoms with Gasteiger partial charge in [0.1, 0.15) is 6.17 Å². The second kappa shape index (κ2) is 6.54. The number of aromatic nitrogens is 4. The van der Waals surface area contributed by atoms with Crippen LogP contribution in [-0.2, 0) is 4.79 Å². The lowest BCUT2D eigenvalue weighted by atomic mass is 10.2. The Bertz CT molecular complexity index is 818. The van der Waals surface area contributed by atoms with E-state index in [0.717, 1.165) is 6.42 Å². The van der Waals surface area contributed by atoms with Crippen molar-refractivity contribution in [1.29, 1.82) is 0 Å². The number of alkyl halides is 1. The standard InChI is InChI=1S/C15H20FN5O2S/c1-4-9-8(16)5-10(24-9)21-6-17-11-12(21)18-15(20-14(11)23)19-13(22)7(2)3/h6-10H,4-5H2,1-3H3,(H2,18,19,20,22,23)/t8-,9-,10-/m1/s1. The molecule has 1 aliphatic heterocycles. The molecule has 3 rings (SSSR count). The van der Waals surface area contributed by atoms with Crippen molar-refractivity contribution in [1.82, 2.24) is 19.5 Å². The molecule has 0 spiro atoms. The molecule has 1 aliphatic rings. The summed E-state index contributed by atoms with van der Waals surface area (Å²) in [4.78, 5) is 34.9. The summed E-state index contributed by atoms with van der Waals surface area (Å²) in [5.74, 6) is -0.396. The van der Waals surface area contributed by atoms with Gasteiger partial charge in [-0.3, -0.25) is 19.9 Å². The fraction of sp³-hybridized carbons (Fsp3) is 0.600. The van der Waals surface area contributed by atoms with Gasteiger partial charge in [0.05, 0.1) is 11.7 Å². The van der Waals surface area contributed by atoms with Crippen LogP contribution < -0.4 is 10.9 Å². The molecule has 9 heteroatoms. The van der Waals surface area contributed by atoms with Crippen LogP contribution in [0.1, 0.15) is 39.0 Å². The number of hydrogen-bond donors (Lipinski definition) is 2. The Labute approximate surface area is 142 Å². The van der Waals surface area contributed by atoms with Crippen molar-refractivity contribution in [3.8, 4) is 0 Å². The molecule has 0 saturated carbocycles. The summed E-state index contributed by atoms with van der Waals surface area (Å²) in [6.07, 6.45) is 1.74. The molecule has 1 fully saturated rings. The van der Waals surface area contributed by atoms with Gasteiger partial charge in [0.15, 0.2) is 11.2 Å². The fourth-order valence-corrected chi connectivity index (χ4v) is 4.13. The van der Waals surface area contributed by atoms with Crippen molar-refractivity contribution in [2.75, 3.05) is 5.32 Å². The monoisotopic (exact) mass is 353 g/mol. The number of H-pyrrole nitrogens is 1. The van der Waals surface area contributed by atoms with Crippen LogP contribution in [0.15, 0.2) is 11.1 Å². The van der Waals surface area contributed by atoms with Crippen LogP contribution in [0.25, 0.3) is 11.2 Å². The molecular weight excluding hydrogens is 333 g/mol. The summed E-state index contributed by atoms with van der Waals surface area (Å²) < 4.78 is 15.8. The number of aromatic amines is 1. The third-order valence-corrected chi connectivity index (χ3v) is 5.79. The van der Waals surface area contributed by atoms with E-state index in [1.165, 1.54) is 18.1 Å². The molecule has 0 aromatic carbocycles. The highest BCUT2D eigenvalue weighted by Gasteiger charge is 2.35. The average molecular weight is 353 g/mol. The first kappa shape index (κ1) is 16.9. The SMILES string of the molecule is CC[C@H]1S[C@@H](n2cnc3c(=O)[nH]c(NC(=O)C(C)C)nc32)C[C@H]1F. The summed E-state index contributed by atoms with van der Waals surface area (Å²) in [5.41, 5.74) is 0.123. The van der Waals surface area contributed by atoms with Crippen LogP contribution in [0, 0.1) is 5.92 Å². The van der Waals surface area contributed by atoms with Gasteiger partial charge >= 0.3 is 0 Å². The largest absolute Gasteiger partial charge is 0.302 e. The zero-order valence-electron chi connectivity index (χ0n) is 13.7. The summed E-state index contributed by atoms with van der Waals surface area (Å²) >= 11 is 1.53. The number of halogens is 1. The predicted octanol–water partition coefficient (Wildman–Crippen LogP) is 2.47. The lowest BCUT2D eigenvalue weighted by molar-refractivity contribution is -0.118. The molecule has 0 aliphatic carbocycles. The van der Waals surface area contributed by atoms with Gasteiger partial charge in [0.25, 0.3) is 5.56 Å². The normalized spacial score (nSPS) is 24.0. The van der Waals surface area contributed by atoms with Gasteiger partial charge in [-0.05, 0) is 6.42 Å². The van der Waals surface area contributed by atoms with Crippen LogP contribution in [0.2, 0.25) is 0 Å². The Morgan fingerprint density at radius 2 is 2.33 bits per heavy atom. The van der Waals surface area contributed by atoms with E-state index in [1.807, 2.05) is 6.92 Å². The summed E-state index contributed by atoms with van der Waals surface area (Å²) in [6.45, 7) is 5.45. The van der Waals surface area contributed by atoms with E-state index >= 15 is 0 Å². The van der Waals surface area contributed by atoms with Crippen molar-refractivity contribution in [2.24, 2.45) is 5.92 Å². The number of carbonyl (C=O) groups excluding carboxylic acids is 1. The van der Waals surface area contributed by atoms with Crippen molar-refractivity contribution in [2.45, 2.75) is 50.4 Å². The molecule has 2 aromatic rings. The molecule has 24 heavy (non-hydrogen) atoms. The van der Waals surface area contributed by atoms with E-state index < -0.39 is 11.7 Å². The maximum absolute atomic E-state index is 14.0. The van der Waals surface area contributed by atoms with Gasteiger partial charge in [-0.1, -0.05) is 20.8 Å². The quantitative estimate of drug-likeness (QED) is 0.881. The molecule has 0 unspecified atom stereocenters. The average Bonchev–Trinajstić information content (AvgIpc) is 3.10. The van der Waals surface area contributed by atoms with Crippen LogP contribution >= 0.6 is 11.8 Å². The van der Waals surface area contributed by atoms with Gasteiger partial charge < -0.3 is 4.57 Å². The first-order valence-corrected chi connectivity index (χ1v) is 8.92.